The Labute approximate surface area is 162 Å². The maximum absolute atomic E-state index is 10.6. The average molecular weight is 379 g/mol. The van der Waals surface area contributed by atoms with Crippen LogP contribution < -0.4 is 10.1 Å². The second-order valence-electron chi connectivity index (χ2n) is 7.91. The first-order valence-corrected chi connectivity index (χ1v) is 10.3. The van der Waals surface area contributed by atoms with E-state index in [2.05, 4.69) is 16.3 Å². The number of hydrogen-bond donors (Lipinski definition) is 3. The molecule has 1 atom stereocenters. The van der Waals surface area contributed by atoms with Gasteiger partial charge in [0.1, 0.15) is 18.5 Å². The van der Waals surface area contributed by atoms with Crippen LogP contribution in [0.1, 0.15) is 37.7 Å². The van der Waals surface area contributed by atoms with Gasteiger partial charge >= 0.3 is 0 Å². The van der Waals surface area contributed by atoms with Gasteiger partial charge in [0.2, 0.25) is 0 Å². The lowest BCUT2D eigenvalue weighted by atomic mass is 9.85. The highest BCUT2D eigenvalue weighted by molar-refractivity contribution is 5.28. The molecule has 152 valence electrons. The van der Waals surface area contributed by atoms with Gasteiger partial charge in [0.05, 0.1) is 18.8 Å². The number of aliphatic hydroxyl groups excluding tert-OH is 1. The zero-order valence-corrected chi connectivity index (χ0v) is 16.2. The van der Waals surface area contributed by atoms with Crippen LogP contribution in [-0.2, 0) is 11.3 Å². The molecule has 6 heteroatoms. The van der Waals surface area contributed by atoms with E-state index in [4.69, 9.17) is 9.47 Å². The quantitative estimate of drug-likeness (QED) is 0.605. The van der Waals surface area contributed by atoms with E-state index in [1.54, 1.807) is 0 Å². The fraction of sp³-hybridized carbons (Fsp3) is 0.714. The Morgan fingerprint density at radius 2 is 1.96 bits per heavy atom. The summed E-state index contributed by atoms with van der Waals surface area (Å²) in [6.45, 7) is 5.44. The summed E-state index contributed by atoms with van der Waals surface area (Å²) in [7, 11) is 0. The Balaban J connectivity index is 1.38. The van der Waals surface area contributed by atoms with Gasteiger partial charge in [-0.1, -0.05) is 31.4 Å². The van der Waals surface area contributed by atoms with Crippen molar-refractivity contribution in [2.45, 2.75) is 50.4 Å². The van der Waals surface area contributed by atoms with E-state index in [9.17, 15) is 10.2 Å². The SMILES string of the molecule is OC(COc1cccc(CNCC2(O)CCCCC2)c1)CN1CCOCC1. The molecule has 6 nitrogen and oxygen atoms in total. The fourth-order valence-corrected chi connectivity index (χ4v) is 3.90. The third kappa shape index (κ3) is 7.05. The van der Waals surface area contributed by atoms with Crippen molar-refractivity contribution in [1.82, 2.24) is 10.2 Å². The maximum atomic E-state index is 10.6. The summed E-state index contributed by atoms with van der Waals surface area (Å²) in [5, 5.41) is 24.1. The van der Waals surface area contributed by atoms with Gasteiger partial charge in [0.15, 0.2) is 0 Å². The Morgan fingerprint density at radius 3 is 2.74 bits per heavy atom. The Morgan fingerprint density at radius 1 is 1.19 bits per heavy atom. The lowest BCUT2D eigenvalue weighted by Gasteiger charge is -2.32. The van der Waals surface area contributed by atoms with Gasteiger partial charge in [-0.2, -0.15) is 0 Å². The van der Waals surface area contributed by atoms with Gasteiger partial charge < -0.3 is 25.0 Å². The first kappa shape index (κ1) is 20.6. The molecule has 0 amide bonds. The highest BCUT2D eigenvalue weighted by atomic mass is 16.5. The number of ether oxygens (including phenoxy) is 2. The molecule has 1 aliphatic heterocycles. The highest BCUT2D eigenvalue weighted by Crippen LogP contribution is 2.27. The number of nitrogens with zero attached hydrogens (tertiary/aromatic N) is 1. The average Bonchev–Trinajstić information content (AvgIpc) is 2.68. The van der Waals surface area contributed by atoms with Gasteiger partial charge in [-0.15, -0.1) is 0 Å². The molecule has 0 aromatic heterocycles. The molecule has 1 aromatic carbocycles. The molecule has 1 aromatic rings. The summed E-state index contributed by atoms with van der Waals surface area (Å²) in [5.74, 6) is 0.770. The lowest BCUT2D eigenvalue weighted by Crippen LogP contribution is -2.42. The number of morpholine rings is 1. The first-order valence-electron chi connectivity index (χ1n) is 10.3. The molecule has 0 radical (unpaired) electrons. The molecule has 2 fully saturated rings. The van der Waals surface area contributed by atoms with Crippen molar-refractivity contribution in [3.63, 3.8) is 0 Å². The van der Waals surface area contributed by atoms with Crippen molar-refractivity contribution in [3.8, 4) is 5.75 Å². The van der Waals surface area contributed by atoms with E-state index in [-0.39, 0.29) is 6.61 Å². The van der Waals surface area contributed by atoms with Crippen LogP contribution in [0.5, 0.6) is 5.75 Å². The molecule has 2 aliphatic rings. The van der Waals surface area contributed by atoms with Crippen molar-refractivity contribution in [1.29, 1.82) is 0 Å². The van der Waals surface area contributed by atoms with Gasteiger partial charge in [-0.05, 0) is 30.5 Å². The molecule has 27 heavy (non-hydrogen) atoms. The second-order valence-corrected chi connectivity index (χ2v) is 7.91. The Bertz CT molecular complexity index is 557. The highest BCUT2D eigenvalue weighted by Gasteiger charge is 2.28. The van der Waals surface area contributed by atoms with Crippen LogP contribution in [0.15, 0.2) is 24.3 Å². The first-order chi connectivity index (χ1) is 13.1. The number of benzene rings is 1. The minimum atomic E-state index is -0.546. The molecule has 1 saturated carbocycles. The summed E-state index contributed by atoms with van der Waals surface area (Å²) in [6.07, 6.45) is 4.75. The van der Waals surface area contributed by atoms with Crippen LogP contribution in [0.3, 0.4) is 0 Å². The molecule has 1 saturated heterocycles. The summed E-state index contributed by atoms with van der Waals surface area (Å²) >= 11 is 0. The van der Waals surface area contributed by atoms with Crippen LogP contribution in [-0.4, -0.2) is 72.8 Å². The van der Waals surface area contributed by atoms with E-state index in [0.717, 1.165) is 63.3 Å². The largest absolute Gasteiger partial charge is 0.491 e. The smallest absolute Gasteiger partial charge is 0.119 e. The van der Waals surface area contributed by atoms with Crippen LogP contribution in [0.25, 0.3) is 0 Å². The summed E-state index contributed by atoms with van der Waals surface area (Å²) < 4.78 is 11.1. The van der Waals surface area contributed by atoms with Crippen molar-refractivity contribution >= 4 is 0 Å². The van der Waals surface area contributed by atoms with Crippen LogP contribution in [0.4, 0.5) is 0 Å². The lowest BCUT2D eigenvalue weighted by molar-refractivity contribution is 0.00418. The molecular formula is C21H34N2O4. The van der Waals surface area contributed by atoms with E-state index in [1.165, 1.54) is 6.42 Å². The number of β-amino-alcohol motifs (C(OH)–C–C–N with tert-alkyl or cyclic N) is 1. The predicted octanol–water partition coefficient (Wildman–Crippen LogP) is 1.54. The second kappa shape index (κ2) is 10.4. The molecule has 0 spiro atoms. The molecule has 0 bridgehead atoms. The Kier molecular flexibility index (Phi) is 7.91. The Hall–Kier alpha value is -1.18. The third-order valence-electron chi connectivity index (χ3n) is 5.48. The molecule has 1 unspecified atom stereocenters. The molecule has 3 N–H and O–H groups in total. The minimum absolute atomic E-state index is 0.286. The van der Waals surface area contributed by atoms with Crippen molar-refractivity contribution in [2.75, 3.05) is 46.0 Å². The van der Waals surface area contributed by atoms with E-state index in [0.29, 0.717) is 19.6 Å². The van der Waals surface area contributed by atoms with E-state index < -0.39 is 11.7 Å². The molecule has 3 rings (SSSR count). The zero-order valence-electron chi connectivity index (χ0n) is 16.2. The van der Waals surface area contributed by atoms with Crippen LogP contribution in [0.2, 0.25) is 0 Å². The van der Waals surface area contributed by atoms with E-state index in [1.807, 2.05) is 18.2 Å². The topological polar surface area (TPSA) is 74.2 Å². The molecule has 1 aliphatic carbocycles. The van der Waals surface area contributed by atoms with Crippen LogP contribution in [0, 0.1) is 0 Å². The van der Waals surface area contributed by atoms with E-state index >= 15 is 0 Å². The van der Waals surface area contributed by atoms with Crippen molar-refractivity contribution < 1.29 is 19.7 Å². The summed E-state index contributed by atoms with van der Waals surface area (Å²) in [6, 6.07) is 7.93. The van der Waals surface area contributed by atoms with Gasteiger partial charge in [0.25, 0.3) is 0 Å². The number of hydrogen-bond acceptors (Lipinski definition) is 6. The predicted molar refractivity (Wildman–Crippen MR) is 105 cm³/mol. The number of nitrogens with one attached hydrogen (secondary N) is 1. The van der Waals surface area contributed by atoms with Crippen molar-refractivity contribution in [2.24, 2.45) is 0 Å². The minimum Gasteiger partial charge on any atom is -0.491 e. The monoisotopic (exact) mass is 378 g/mol. The number of rotatable bonds is 9. The van der Waals surface area contributed by atoms with Gasteiger partial charge in [-0.3, -0.25) is 4.90 Å². The van der Waals surface area contributed by atoms with Gasteiger partial charge in [-0.25, -0.2) is 0 Å². The molecule has 1 heterocycles. The standard InChI is InChI=1S/C21H34N2O4/c24-19(15-23-9-11-26-12-10-23)16-27-20-6-4-5-18(13-20)14-22-17-21(25)7-2-1-3-8-21/h4-6,13,19,22,24-25H,1-3,7-12,14-17H2. The number of aliphatic hydroxyl groups is 2. The van der Waals surface area contributed by atoms with Crippen LogP contribution >= 0.6 is 0 Å². The summed E-state index contributed by atoms with van der Waals surface area (Å²) in [5.41, 5.74) is 0.574. The maximum Gasteiger partial charge on any atom is 0.119 e. The zero-order chi connectivity index (χ0) is 19.0. The third-order valence-corrected chi connectivity index (χ3v) is 5.48. The van der Waals surface area contributed by atoms with Gasteiger partial charge in [0, 0.05) is 32.7 Å². The van der Waals surface area contributed by atoms with Crippen molar-refractivity contribution in [3.05, 3.63) is 29.8 Å². The normalized spacial score (nSPS) is 21.7. The fourth-order valence-electron chi connectivity index (χ4n) is 3.90. The summed E-state index contributed by atoms with van der Waals surface area (Å²) in [4.78, 5) is 2.20. The molecular weight excluding hydrogens is 344 g/mol.